The molecule has 1 amide bonds. The zero-order chi connectivity index (χ0) is 17.6. The van der Waals surface area contributed by atoms with Gasteiger partial charge in [0.25, 0.3) is 0 Å². The van der Waals surface area contributed by atoms with E-state index in [1.54, 1.807) is 18.2 Å². The number of hydrogen-bond donors (Lipinski definition) is 0. The van der Waals surface area contributed by atoms with Crippen LogP contribution in [0.25, 0.3) is 6.08 Å². The Balaban J connectivity index is 1.60. The van der Waals surface area contributed by atoms with Crippen LogP contribution in [0.4, 0.5) is 0 Å². The summed E-state index contributed by atoms with van der Waals surface area (Å²) in [5, 5.41) is 9.14. The van der Waals surface area contributed by atoms with Crippen molar-refractivity contribution in [2.45, 2.75) is 51.1 Å². The Bertz CT molecular complexity index is 670. The minimum atomic E-state index is 0.0449. The smallest absolute Gasteiger partial charge is 0.246 e. The lowest BCUT2D eigenvalue weighted by Gasteiger charge is -2.44. The van der Waals surface area contributed by atoms with E-state index in [1.165, 1.54) is 32.1 Å². The molecule has 1 aliphatic heterocycles. The molecule has 132 valence electrons. The molecule has 1 saturated carbocycles. The topological polar surface area (TPSA) is 47.3 Å². The van der Waals surface area contributed by atoms with Gasteiger partial charge in [-0.25, -0.2) is 0 Å². The normalized spacial score (nSPS) is 22.9. The molecular weight excluding hydrogens is 310 g/mol. The molecule has 1 aromatic rings. The summed E-state index contributed by atoms with van der Waals surface area (Å²) in [5.41, 5.74) is 1.40. The van der Waals surface area contributed by atoms with Crippen molar-refractivity contribution in [3.05, 3.63) is 41.5 Å². The zero-order valence-corrected chi connectivity index (χ0v) is 15.0. The van der Waals surface area contributed by atoms with E-state index in [-0.39, 0.29) is 11.9 Å². The third kappa shape index (κ3) is 4.29. The average molecular weight is 337 g/mol. The highest BCUT2D eigenvalue weighted by Crippen LogP contribution is 2.25. The maximum atomic E-state index is 12.6. The first-order valence-electron chi connectivity index (χ1n) is 9.41. The number of amides is 1. The molecule has 1 aliphatic carbocycles. The van der Waals surface area contributed by atoms with Gasteiger partial charge in [-0.15, -0.1) is 0 Å². The number of hydrogen-bond acceptors (Lipinski definition) is 3. The molecule has 0 spiro atoms. The SMILES string of the molecule is CC1CN(C2CCCCC2)CCN1C(=O)C=Cc1ccccc1C#N. The number of nitrogens with zero attached hydrogens (tertiary/aromatic N) is 3. The second-order valence-corrected chi connectivity index (χ2v) is 7.20. The van der Waals surface area contributed by atoms with Crippen LogP contribution in [0.15, 0.2) is 30.3 Å². The summed E-state index contributed by atoms with van der Waals surface area (Å²) >= 11 is 0. The molecule has 1 heterocycles. The molecule has 0 bridgehead atoms. The third-order valence-corrected chi connectivity index (χ3v) is 5.52. The summed E-state index contributed by atoms with van der Waals surface area (Å²) in [6, 6.07) is 10.5. The molecule has 4 nitrogen and oxygen atoms in total. The fraction of sp³-hybridized carbons (Fsp3) is 0.524. The molecule has 1 saturated heterocycles. The van der Waals surface area contributed by atoms with Gasteiger partial charge in [-0.1, -0.05) is 37.5 Å². The van der Waals surface area contributed by atoms with Crippen LogP contribution in [0.3, 0.4) is 0 Å². The number of rotatable bonds is 3. The number of piperazine rings is 1. The van der Waals surface area contributed by atoms with Gasteiger partial charge in [0.1, 0.15) is 0 Å². The van der Waals surface area contributed by atoms with Crippen LogP contribution in [0.5, 0.6) is 0 Å². The van der Waals surface area contributed by atoms with Crippen LogP contribution >= 0.6 is 0 Å². The van der Waals surface area contributed by atoms with E-state index in [9.17, 15) is 4.79 Å². The molecule has 0 radical (unpaired) electrons. The van der Waals surface area contributed by atoms with Crippen molar-refractivity contribution >= 4 is 12.0 Å². The van der Waals surface area contributed by atoms with E-state index in [2.05, 4.69) is 17.9 Å². The van der Waals surface area contributed by atoms with Crippen LogP contribution in [-0.2, 0) is 4.79 Å². The monoisotopic (exact) mass is 337 g/mol. The van der Waals surface area contributed by atoms with Gasteiger partial charge in [-0.3, -0.25) is 9.69 Å². The Hall–Kier alpha value is -2.12. The summed E-state index contributed by atoms with van der Waals surface area (Å²) in [7, 11) is 0. The minimum Gasteiger partial charge on any atom is -0.334 e. The number of carbonyl (C=O) groups is 1. The van der Waals surface area contributed by atoms with Crippen LogP contribution in [0.1, 0.15) is 50.2 Å². The second-order valence-electron chi connectivity index (χ2n) is 7.20. The maximum absolute atomic E-state index is 12.6. The summed E-state index contributed by atoms with van der Waals surface area (Å²) in [6.07, 6.45) is 10.1. The highest BCUT2D eigenvalue weighted by Gasteiger charge is 2.30. The lowest BCUT2D eigenvalue weighted by molar-refractivity contribution is -0.130. The van der Waals surface area contributed by atoms with Gasteiger partial charge in [-0.2, -0.15) is 5.26 Å². The number of benzene rings is 1. The van der Waals surface area contributed by atoms with Crippen molar-refractivity contribution in [1.29, 1.82) is 5.26 Å². The molecule has 4 heteroatoms. The minimum absolute atomic E-state index is 0.0449. The Kier molecular flexibility index (Phi) is 5.88. The van der Waals surface area contributed by atoms with Crippen molar-refractivity contribution < 1.29 is 4.79 Å². The molecule has 2 fully saturated rings. The Morgan fingerprint density at radius 2 is 1.96 bits per heavy atom. The van der Waals surface area contributed by atoms with Crippen LogP contribution in [0.2, 0.25) is 0 Å². The molecule has 1 unspecified atom stereocenters. The largest absolute Gasteiger partial charge is 0.334 e. The van der Waals surface area contributed by atoms with Gasteiger partial charge in [0.05, 0.1) is 11.6 Å². The predicted molar refractivity (Wildman–Crippen MR) is 99.8 cm³/mol. The summed E-state index contributed by atoms with van der Waals surface area (Å²) in [5.74, 6) is 0.0449. The first-order valence-corrected chi connectivity index (χ1v) is 9.41. The standard InChI is InChI=1S/C21H27N3O/c1-17-16-23(20-9-3-2-4-10-20)13-14-24(17)21(25)12-11-18-7-5-6-8-19(18)15-22/h5-8,11-12,17,20H,2-4,9-10,13-14,16H2,1H3. The first kappa shape index (κ1) is 17.7. The predicted octanol–water partition coefficient (Wildman–Crippen LogP) is 3.44. The molecule has 1 atom stereocenters. The molecule has 0 N–H and O–H groups in total. The number of nitriles is 1. The van der Waals surface area contributed by atoms with E-state index in [0.717, 1.165) is 25.2 Å². The highest BCUT2D eigenvalue weighted by molar-refractivity contribution is 5.92. The second kappa shape index (κ2) is 8.31. The van der Waals surface area contributed by atoms with Crippen molar-refractivity contribution in [3.63, 3.8) is 0 Å². The third-order valence-electron chi connectivity index (χ3n) is 5.52. The Morgan fingerprint density at radius 1 is 1.20 bits per heavy atom. The van der Waals surface area contributed by atoms with Gasteiger partial charge in [0, 0.05) is 37.8 Å². The van der Waals surface area contributed by atoms with E-state index in [1.807, 2.05) is 23.1 Å². The van der Waals surface area contributed by atoms with E-state index < -0.39 is 0 Å². The molecule has 1 aromatic carbocycles. The molecular formula is C21H27N3O. The fourth-order valence-corrected chi connectivity index (χ4v) is 4.09. The lowest BCUT2D eigenvalue weighted by atomic mass is 9.93. The lowest BCUT2D eigenvalue weighted by Crippen LogP contribution is -2.56. The van der Waals surface area contributed by atoms with Crippen LogP contribution < -0.4 is 0 Å². The highest BCUT2D eigenvalue weighted by atomic mass is 16.2. The molecule has 2 aliphatic rings. The first-order chi connectivity index (χ1) is 12.2. The number of carbonyl (C=O) groups excluding carboxylic acids is 1. The van der Waals surface area contributed by atoms with E-state index in [0.29, 0.717) is 11.6 Å². The van der Waals surface area contributed by atoms with Crippen LogP contribution in [-0.4, -0.2) is 47.4 Å². The van der Waals surface area contributed by atoms with Crippen molar-refractivity contribution in [2.24, 2.45) is 0 Å². The summed E-state index contributed by atoms with van der Waals surface area (Å²) < 4.78 is 0. The van der Waals surface area contributed by atoms with Crippen molar-refractivity contribution in [3.8, 4) is 6.07 Å². The Labute approximate surface area is 150 Å². The van der Waals surface area contributed by atoms with Gasteiger partial charge >= 0.3 is 0 Å². The van der Waals surface area contributed by atoms with Gasteiger partial charge in [0.2, 0.25) is 5.91 Å². The van der Waals surface area contributed by atoms with E-state index >= 15 is 0 Å². The average Bonchev–Trinajstić information content (AvgIpc) is 2.67. The van der Waals surface area contributed by atoms with Gasteiger partial charge in [0.15, 0.2) is 0 Å². The fourth-order valence-electron chi connectivity index (χ4n) is 4.09. The Morgan fingerprint density at radius 3 is 2.68 bits per heavy atom. The van der Waals surface area contributed by atoms with Gasteiger partial charge in [-0.05, 0) is 37.5 Å². The van der Waals surface area contributed by atoms with Crippen molar-refractivity contribution in [2.75, 3.05) is 19.6 Å². The molecule has 0 aromatic heterocycles. The quantitative estimate of drug-likeness (QED) is 0.794. The molecule has 25 heavy (non-hydrogen) atoms. The zero-order valence-electron chi connectivity index (χ0n) is 15.0. The van der Waals surface area contributed by atoms with Gasteiger partial charge < -0.3 is 4.90 Å². The molecule has 3 rings (SSSR count). The van der Waals surface area contributed by atoms with E-state index in [4.69, 9.17) is 5.26 Å². The van der Waals surface area contributed by atoms with Crippen LogP contribution in [0, 0.1) is 11.3 Å². The summed E-state index contributed by atoms with van der Waals surface area (Å²) in [4.78, 5) is 17.2. The summed E-state index contributed by atoms with van der Waals surface area (Å²) in [6.45, 7) is 4.88. The van der Waals surface area contributed by atoms with Crippen molar-refractivity contribution in [1.82, 2.24) is 9.80 Å². The maximum Gasteiger partial charge on any atom is 0.246 e.